The van der Waals surface area contributed by atoms with Crippen molar-refractivity contribution in [1.82, 2.24) is 15.3 Å². The molecule has 7 nitrogen and oxygen atoms in total. The summed E-state index contributed by atoms with van der Waals surface area (Å²) < 4.78 is 38.5. The van der Waals surface area contributed by atoms with E-state index in [1.54, 1.807) is 25.2 Å². The molecule has 1 aromatic carbocycles. The summed E-state index contributed by atoms with van der Waals surface area (Å²) in [5.74, 6) is -0.357. The fourth-order valence-electron chi connectivity index (χ4n) is 2.17. The van der Waals surface area contributed by atoms with Gasteiger partial charge in [0.2, 0.25) is 5.95 Å². The van der Waals surface area contributed by atoms with Gasteiger partial charge in [-0.25, -0.2) is 4.98 Å². The predicted octanol–water partition coefficient (Wildman–Crippen LogP) is 2.65. The highest BCUT2D eigenvalue weighted by atomic mass is 19.4. The lowest BCUT2D eigenvalue weighted by atomic mass is 10.1. The first-order valence-corrected chi connectivity index (χ1v) is 7.15. The molecule has 2 aromatic rings. The van der Waals surface area contributed by atoms with E-state index in [1.807, 2.05) is 0 Å². The van der Waals surface area contributed by atoms with Crippen molar-refractivity contribution >= 4 is 23.1 Å². The molecule has 0 saturated carbocycles. The van der Waals surface area contributed by atoms with Crippen molar-refractivity contribution in [1.29, 1.82) is 5.26 Å². The Morgan fingerprint density at radius 2 is 2.00 bits per heavy atom. The average molecular weight is 351 g/mol. The van der Waals surface area contributed by atoms with Crippen molar-refractivity contribution in [3.8, 4) is 6.07 Å². The van der Waals surface area contributed by atoms with Gasteiger partial charge in [-0.05, 0) is 19.2 Å². The zero-order valence-corrected chi connectivity index (χ0v) is 13.4. The Morgan fingerprint density at radius 3 is 2.52 bits per heavy atom. The van der Waals surface area contributed by atoms with E-state index in [0.717, 1.165) is 0 Å². The minimum atomic E-state index is -4.55. The summed E-state index contributed by atoms with van der Waals surface area (Å²) in [6.45, 7) is 0. The fraction of sp³-hybridized carbons (Fsp3) is 0.267. The van der Waals surface area contributed by atoms with Gasteiger partial charge in [-0.1, -0.05) is 6.07 Å². The minimum Gasteiger partial charge on any atom is -0.398 e. The number of nitriles is 1. The number of nitrogens with zero attached hydrogens (tertiary/aromatic N) is 3. The SMILES string of the molecule is CNc1nc(Nc2ccc(C(C#N)NC)c(N)c2)ncc1C(F)(F)F. The summed E-state index contributed by atoms with van der Waals surface area (Å²) in [7, 11) is 2.97. The van der Waals surface area contributed by atoms with Crippen molar-refractivity contribution in [3.63, 3.8) is 0 Å². The Bertz CT molecular complexity index is 799. The molecular formula is C15H16F3N7. The van der Waals surface area contributed by atoms with Crippen molar-refractivity contribution in [3.05, 3.63) is 35.5 Å². The third-order valence-corrected chi connectivity index (χ3v) is 3.40. The summed E-state index contributed by atoms with van der Waals surface area (Å²) in [5.41, 5.74) is 6.41. The lowest BCUT2D eigenvalue weighted by molar-refractivity contribution is -0.137. The van der Waals surface area contributed by atoms with Crippen LogP contribution >= 0.6 is 0 Å². The molecule has 0 saturated heterocycles. The van der Waals surface area contributed by atoms with Gasteiger partial charge in [-0.3, -0.25) is 0 Å². The topological polar surface area (TPSA) is 112 Å². The van der Waals surface area contributed by atoms with Crippen LogP contribution in [-0.4, -0.2) is 24.1 Å². The number of nitrogen functional groups attached to an aromatic ring is 1. The zero-order valence-electron chi connectivity index (χ0n) is 13.4. The second-order valence-corrected chi connectivity index (χ2v) is 5.02. The molecule has 10 heteroatoms. The molecule has 25 heavy (non-hydrogen) atoms. The molecule has 1 heterocycles. The van der Waals surface area contributed by atoms with Gasteiger partial charge in [0.1, 0.15) is 17.4 Å². The van der Waals surface area contributed by atoms with Gasteiger partial charge in [0, 0.05) is 30.2 Å². The van der Waals surface area contributed by atoms with Gasteiger partial charge in [0.15, 0.2) is 0 Å². The standard InChI is InChI=1S/C15H16F3N7/c1-21-12(6-19)9-4-3-8(5-11(9)20)24-14-23-7-10(15(16,17)18)13(22-2)25-14/h3-5,7,12,21H,20H2,1-2H3,(H2,22,23,24,25). The third kappa shape index (κ3) is 4.07. The summed E-state index contributed by atoms with van der Waals surface area (Å²) in [6.07, 6.45) is -3.85. The maximum atomic E-state index is 12.8. The van der Waals surface area contributed by atoms with Crippen LogP contribution < -0.4 is 21.7 Å². The van der Waals surface area contributed by atoms with E-state index in [-0.39, 0.29) is 11.8 Å². The molecule has 0 aliphatic rings. The highest BCUT2D eigenvalue weighted by Crippen LogP contribution is 2.34. The molecule has 0 aliphatic carbocycles. The number of nitrogens with two attached hydrogens (primary N) is 1. The number of benzene rings is 1. The van der Waals surface area contributed by atoms with Crippen molar-refractivity contribution in [2.45, 2.75) is 12.2 Å². The summed E-state index contributed by atoms with van der Waals surface area (Å²) >= 11 is 0. The highest BCUT2D eigenvalue weighted by Gasteiger charge is 2.35. The van der Waals surface area contributed by atoms with Gasteiger partial charge >= 0.3 is 6.18 Å². The Hall–Kier alpha value is -3.06. The highest BCUT2D eigenvalue weighted by molar-refractivity contribution is 5.64. The van der Waals surface area contributed by atoms with Crippen LogP contribution in [0, 0.1) is 11.3 Å². The molecule has 1 atom stereocenters. The van der Waals surface area contributed by atoms with Crippen LogP contribution in [0.1, 0.15) is 17.2 Å². The van der Waals surface area contributed by atoms with E-state index in [9.17, 15) is 13.2 Å². The van der Waals surface area contributed by atoms with Crippen LogP contribution in [-0.2, 0) is 6.18 Å². The van der Waals surface area contributed by atoms with Gasteiger partial charge in [-0.2, -0.15) is 23.4 Å². The minimum absolute atomic E-state index is 0.0186. The quantitative estimate of drug-likeness (QED) is 0.613. The molecule has 1 unspecified atom stereocenters. The van der Waals surface area contributed by atoms with Gasteiger partial charge in [0.05, 0.1) is 6.07 Å². The number of rotatable bonds is 5. The largest absolute Gasteiger partial charge is 0.421 e. The summed E-state index contributed by atoms with van der Waals surface area (Å²) in [4.78, 5) is 7.49. The lowest BCUT2D eigenvalue weighted by Crippen LogP contribution is -2.16. The zero-order chi connectivity index (χ0) is 18.6. The number of aromatic nitrogens is 2. The van der Waals surface area contributed by atoms with E-state index in [2.05, 4.69) is 32.0 Å². The molecule has 132 valence electrons. The number of anilines is 4. The van der Waals surface area contributed by atoms with Crippen LogP contribution in [0.25, 0.3) is 0 Å². The summed E-state index contributed by atoms with van der Waals surface area (Å²) in [6, 6.07) is 6.33. The second-order valence-electron chi connectivity index (χ2n) is 5.02. The van der Waals surface area contributed by atoms with Gasteiger partial charge in [0.25, 0.3) is 0 Å². The molecule has 2 rings (SSSR count). The monoisotopic (exact) mass is 351 g/mol. The number of hydrogen-bond acceptors (Lipinski definition) is 7. The summed E-state index contributed by atoms with van der Waals surface area (Å²) in [5, 5.41) is 17.1. The molecule has 0 radical (unpaired) electrons. The number of alkyl halides is 3. The van der Waals surface area contributed by atoms with Crippen LogP contribution in [0.5, 0.6) is 0 Å². The number of hydrogen-bond donors (Lipinski definition) is 4. The number of nitrogens with one attached hydrogen (secondary N) is 3. The maximum absolute atomic E-state index is 12.8. The Morgan fingerprint density at radius 1 is 1.28 bits per heavy atom. The molecule has 0 bridgehead atoms. The second kappa shape index (κ2) is 7.23. The lowest BCUT2D eigenvalue weighted by Gasteiger charge is -2.14. The normalized spacial score (nSPS) is 12.3. The predicted molar refractivity (Wildman–Crippen MR) is 88.1 cm³/mol. The molecule has 5 N–H and O–H groups in total. The average Bonchev–Trinajstić information content (AvgIpc) is 2.56. The van der Waals surface area contributed by atoms with E-state index in [1.165, 1.54) is 7.05 Å². The van der Waals surface area contributed by atoms with E-state index in [0.29, 0.717) is 23.1 Å². The smallest absolute Gasteiger partial charge is 0.398 e. The van der Waals surface area contributed by atoms with Crippen LogP contribution in [0.2, 0.25) is 0 Å². The molecule has 0 fully saturated rings. The first kappa shape index (κ1) is 18.3. The molecule has 1 aromatic heterocycles. The van der Waals surface area contributed by atoms with E-state index in [4.69, 9.17) is 11.0 Å². The molecular weight excluding hydrogens is 335 g/mol. The van der Waals surface area contributed by atoms with Crippen molar-refractivity contribution in [2.75, 3.05) is 30.5 Å². The van der Waals surface area contributed by atoms with Crippen molar-refractivity contribution in [2.24, 2.45) is 0 Å². The maximum Gasteiger partial charge on any atom is 0.421 e. The fourth-order valence-corrected chi connectivity index (χ4v) is 2.17. The van der Waals surface area contributed by atoms with E-state index >= 15 is 0 Å². The first-order valence-electron chi connectivity index (χ1n) is 7.15. The molecule has 0 aliphatic heterocycles. The van der Waals surface area contributed by atoms with Crippen LogP contribution in [0.3, 0.4) is 0 Å². The third-order valence-electron chi connectivity index (χ3n) is 3.40. The molecule has 0 amide bonds. The Labute approximate surface area is 142 Å². The molecule has 0 spiro atoms. The Balaban J connectivity index is 2.29. The number of halogens is 3. The van der Waals surface area contributed by atoms with Crippen molar-refractivity contribution < 1.29 is 13.2 Å². The first-order chi connectivity index (χ1) is 11.8. The van der Waals surface area contributed by atoms with Gasteiger partial charge < -0.3 is 21.7 Å². The van der Waals surface area contributed by atoms with Crippen LogP contribution in [0.4, 0.5) is 36.3 Å². The van der Waals surface area contributed by atoms with E-state index < -0.39 is 17.8 Å². The Kier molecular flexibility index (Phi) is 5.29. The van der Waals surface area contributed by atoms with Gasteiger partial charge in [-0.15, -0.1) is 0 Å². The van der Waals surface area contributed by atoms with Crippen LogP contribution in [0.15, 0.2) is 24.4 Å².